The molecule has 0 saturated heterocycles. The minimum atomic E-state index is -3.54. The van der Waals surface area contributed by atoms with Crippen molar-refractivity contribution in [2.45, 2.75) is 31.2 Å². The molecule has 2 aromatic heterocycles. The number of carbonyl (C=O) groups is 1. The van der Waals surface area contributed by atoms with Gasteiger partial charge in [-0.15, -0.1) is 0 Å². The summed E-state index contributed by atoms with van der Waals surface area (Å²) in [4.78, 5) is 21.0. The first-order valence-corrected chi connectivity index (χ1v) is 10.9. The van der Waals surface area contributed by atoms with E-state index >= 15 is 0 Å². The molecule has 0 radical (unpaired) electrons. The molecule has 10 heteroatoms. The smallest absolute Gasteiger partial charge is 0.242 e. The van der Waals surface area contributed by atoms with Gasteiger partial charge in [0, 0.05) is 39.7 Å². The quantitative estimate of drug-likeness (QED) is 0.615. The van der Waals surface area contributed by atoms with Gasteiger partial charge in [0.15, 0.2) is 0 Å². The fourth-order valence-electron chi connectivity index (χ4n) is 2.95. The van der Waals surface area contributed by atoms with E-state index in [-0.39, 0.29) is 17.2 Å². The summed E-state index contributed by atoms with van der Waals surface area (Å²) in [6, 6.07) is 8.18. The number of aromatic nitrogens is 3. The molecule has 1 N–H and O–H groups in total. The van der Waals surface area contributed by atoms with Crippen LogP contribution in [0.15, 0.2) is 41.4 Å². The van der Waals surface area contributed by atoms with Gasteiger partial charge in [-0.2, -0.15) is 0 Å². The molecule has 0 fully saturated rings. The topological polar surface area (TPSA) is 97.2 Å². The summed E-state index contributed by atoms with van der Waals surface area (Å²) in [7, 11) is -0.559. The number of rotatable bonds is 7. The van der Waals surface area contributed by atoms with Crippen molar-refractivity contribution in [2.75, 3.05) is 19.4 Å². The molecule has 3 rings (SSSR count). The fraction of sp³-hybridized carbons (Fsp3) is 0.316. The summed E-state index contributed by atoms with van der Waals surface area (Å²) in [5.41, 5.74) is 1.42. The number of hydrogen-bond donors (Lipinski definition) is 1. The van der Waals surface area contributed by atoms with Crippen LogP contribution in [0.25, 0.3) is 11.0 Å². The Kier molecular flexibility index (Phi) is 6.21. The Morgan fingerprint density at radius 1 is 1.24 bits per heavy atom. The summed E-state index contributed by atoms with van der Waals surface area (Å²) in [6.07, 6.45) is 2.10. The third-order valence-electron chi connectivity index (χ3n) is 4.46. The van der Waals surface area contributed by atoms with Gasteiger partial charge in [0.05, 0.1) is 21.0 Å². The van der Waals surface area contributed by atoms with Crippen LogP contribution in [0.4, 0.5) is 5.82 Å². The zero-order chi connectivity index (χ0) is 21.2. The number of hydrogen-bond acceptors (Lipinski definition) is 5. The molecule has 154 valence electrons. The minimum Gasteiger partial charge on any atom is -0.328 e. The molecule has 0 aliphatic heterocycles. The summed E-state index contributed by atoms with van der Waals surface area (Å²) in [5.74, 6) is 0.966. The highest BCUT2D eigenvalue weighted by atomic mass is 35.5. The van der Waals surface area contributed by atoms with E-state index in [2.05, 4.69) is 15.3 Å². The van der Waals surface area contributed by atoms with Crippen LogP contribution in [0.1, 0.15) is 19.2 Å². The van der Waals surface area contributed by atoms with Crippen LogP contribution in [0.2, 0.25) is 5.02 Å². The van der Waals surface area contributed by atoms with Crippen LogP contribution >= 0.6 is 11.6 Å². The van der Waals surface area contributed by atoms with Crippen molar-refractivity contribution in [2.24, 2.45) is 0 Å². The number of benzene rings is 1. The second kappa shape index (κ2) is 8.48. The number of nitrogens with zero attached hydrogens (tertiary/aromatic N) is 4. The maximum absolute atomic E-state index is 12.4. The van der Waals surface area contributed by atoms with Crippen molar-refractivity contribution in [3.8, 4) is 0 Å². The van der Waals surface area contributed by atoms with Crippen molar-refractivity contribution in [3.63, 3.8) is 0 Å². The van der Waals surface area contributed by atoms with E-state index < -0.39 is 10.0 Å². The molecule has 0 bridgehead atoms. The van der Waals surface area contributed by atoms with Crippen LogP contribution in [-0.2, 0) is 27.8 Å². The Morgan fingerprint density at radius 3 is 2.62 bits per heavy atom. The van der Waals surface area contributed by atoms with Crippen molar-refractivity contribution >= 4 is 44.4 Å². The van der Waals surface area contributed by atoms with Gasteiger partial charge >= 0.3 is 0 Å². The summed E-state index contributed by atoms with van der Waals surface area (Å²) < 4.78 is 27.9. The molecule has 0 unspecified atom stereocenters. The predicted octanol–water partition coefficient (Wildman–Crippen LogP) is 2.93. The number of amides is 1. The fourth-order valence-corrected chi connectivity index (χ4v) is 3.99. The lowest BCUT2D eigenvalue weighted by Gasteiger charge is -2.11. The van der Waals surface area contributed by atoms with Gasteiger partial charge in [-0.1, -0.05) is 11.6 Å². The van der Waals surface area contributed by atoms with E-state index in [4.69, 9.17) is 11.6 Å². The standard InChI is InChI=1S/C19H22ClN5O3S/c1-4-25-16-7-6-14(29(27,28)24(2)3)11-15(16)22-18(25)9-10-19(26)23-17-8-5-13(20)12-21-17/h5-8,11-12H,4,9-10H2,1-3H3,(H,21,23,26). The monoisotopic (exact) mass is 435 g/mol. The third-order valence-corrected chi connectivity index (χ3v) is 6.50. The van der Waals surface area contributed by atoms with Crippen LogP contribution in [0.5, 0.6) is 0 Å². The maximum atomic E-state index is 12.4. The van der Waals surface area contributed by atoms with Crippen molar-refractivity contribution < 1.29 is 13.2 Å². The number of aryl methyl sites for hydroxylation is 2. The van der Waals surface area contributed by atoms with Crippen molar-refractivity contribution in [1.82, 2.24) is 18.8 Å². The van der Waals surface area contributed by atoms with Crippen LogP contribution < -0.4 is 5.32 Å². The average molecular weight is 436 g/mol. The minimum absolute atomic E-state index is 0.189. The number of imidazole rings is 1. The van der Waals surface area contributed by atoms with Crippen LogP contribution in [0.3, 0.4) is 0 Å². The normalized spacial score (nSPS) is 11.9. The second-order valence-corrected chi connectivity index (χ2v) is 9.21. The first kappa shape index (κ1) is 21.2. The molecule has 0 saturated carbocycles. The number of pyridine rings is 1. The van der Waals surface area contributed by atoms with Gasteiger partial charge in [0.2, 0.25) is 15.9 Å². The lowest BCUT2D eigenvalue weighted by Crippen LogP contribution is -2.22. The van der Waals surface area contributed by atoms with Crippen molar-refractivity contribution in [1.29, 1.82) is 0 Å². The molecule has 0 aliphatic rings. The highest BCUT2D eigenvalue weighted by Gasteiger charge is 2.19. The first-order valence-electron chi connectivity index (χ1n) is 9.05. The lowest BCUT2D eigenvalue weighted by atomic mass is 10.2. The molecular formula is C19H22ClN5O3S. The molecule has 1 aromatic carbocycles. The molecule has 2 heterocycles. The summed E-state index contributed by atoms with van der Waals surface area (Å²) in [5, 5.41) is 3.22. The Hall–Kier alpha value is -2.49. The zero-order valence-corrected chi connectivity index (χ0v) is 18.0. The number of nitrogens with one attached hydrogen (secondary N) is 1. The number of anilines is 1. The number of fused-ring (bicyclic) bond motifs is 1. The van der Waals surface area contributed by atoms with E-state index in [1.165, 1.54) is 24.6 Å². The highest BCUT2D eigenvalue weighted by Crippen LogP contribution is 2.23. The Balaban J connectivity index is 1.80. The van der Waals surface area contributed by atoms with E-state index in [1.54, 1.807) is 30.3 Å². The number of halogens is 1. The lowest BCUT2D eigenvalue weighted by molar-refractivity contribution is -0.116. The molecule has 0 aliphatic carbocycles. The molecule has 3 aromatic rings. The Bertz CT molecular complexity index is 1140. The molecule has 0 spiro atoms. The molecule has 8 nitrogen and oxygen atoms in total. The molecule has 0 atom stereocenters. The average Bonchev–Trinajstić information content (AvgIpc) is 3.04. The molecule has 1 amide bonds. The predicted molar refractivity (Wildman–Crippen MR) is 112 cm³/mol. The van der Waals surface area contributed by atoms with Gasteiger partial charge < -0.3 is 9.88 Å². The van der Waals surface area contributed by atoms with Gasteiger partial charge in [0.25, 0.3) is 0 Å². The first-order chi connectivity index (χ1) is 13.7. The number of sulfonamides is 1. The van der Waals surface area contributed by atoms with Crippen LogP contribution in [-0.4, -0.2) is 47.3 Å². The third kappa shape index (κ3) is 4.58. The Labute approximate surface area is 174 Å². The van der Waals surface area contributed by atoms with E-state index in [9.17, 15) is 13.2 Å². The number of carbonyl (C=O) groups excluding carboxylic acids is 1. The highest BCUT2D eigenvalue weighted by molar-refractivity contribution is 7.89. The van der Waals surface area contributed by atoms with E-state index in [1.807, 2.05) is 11.5 Å². The van der Waals surface area contributed by atoms with Crippen molar-refractivity contribution in [3.05, 3.63) is 47.4 Å². The summed E-state index contributed by atoms with van der Waals surface area (Å²) in [6.45, 7) is 2.64. The Morgan fingerprint density at radius 2 is 2.00 bits per heavy atom. The van der Waals surface area contributed by atoms with Crippen LogP contribution in [0, 0.1) is 0 Å². The van der Waals surface area contributed by atoms with Gasteiger partial charge in [0.1, 0.15) is 11.6 Å². The van der Waals surface area contributed by atoms with E-state index in [0.717, 1.165) is 11.3 Å². The summed E-state index contributed by atoms with van der Waals surface area (Å²) >= 11 is 5.79. The second-order valence-electron chi connectivity index (χ2n) is 6.62. The largest absolute Gasteiger partial charge is 0.328 e. The zero-order valence-electron chi connectivity index (χ0n) is 16.4. The molecule has 29 heavy (non-hydrogen) atoms. The molecular weight excluding hydrogens is 414 g/mol. The van der Waals surface area contributed by atoms with Gasteiger partial charge in [-0.3, -0.25) is 4.79 Å². The van der Waals surface area contributed by atoms with E-state index in [0.29, 0.717) is 29.3 Å². The van der Waals surface area contributed by atoms with Gasteiger partial charge in [-0.25, -0.2) is 22.7 Å². The van der Waals surface area contributed by atoms with Gasteiger partial charge in [-0.05, 0) is 37.3 Å². The maximum Gasteiger partial charge on any atom is 0.242 e. The SMILES string of the molecule is CCn1c(CCC(=O)Nc2ccc(Cl)cn2)nc2cc(S(=O)(=O)N(C)C)ccc21.